The largest absolute Gasteiger partial charge is 0.455 e. The Balaban J connectivity index is 1.88. The minimum Gasteiger partial charge on any atom is -0.455 e. The molecule has 0 aromatic carbocycles. The van der Waals surface area contributed by atoms with E-state index >= 15 is 0 Å². The highest BCUT2D eigenvalue weighted by atomic mass is 16.7. The zero-order chi connectivity index (χ0) is 20.6. The molecule has 160 valence electrons. The summed E-state index contributed by atoms with van der Waals surface area (Å²) < 4.78 is 30.4. The van der Waals surface area contributed by atoms with Crippen molar-refractivity contribution in [3.63, 3.8) is 0 Å². The molecule has 4 aliphatic carbocycles. The molecule has 0 amide bonds. The molecular formula is C22H36O6. The average Bonchev–Trinajstić information content (AvgIpc) is 2.51. The normalized spacial score (nSPS) is 38.2. The Labute approximate surface area is 168 Å². The van der Waals surface area contributed by atoms with Crippen molar-refractivity contribution in [1.29, 1.82) is 0 Å². The van der Waals surface area contributed by atoms with Crippen LogP contribution in [0.3, 0.4) is 0 Å². The van der Waals surface area contributed by atoms with Crippen molar-refractivity contribution in [3.8, 4) is 0 Å². The third-order valence-electron chi connectivity index (χ3n) is 6.21. The molecule has 0 aromatic rings. The van der Waals surface area contributed by atoms with E-state index in [2.05, 4.69) is 6.58 Å². The van der Waals surface area contributed by atoms with Gasteiger partial charge in [0.1, 0.15) is 5.60 Å². The van der Waals surface area contributed by atoms with Crippen molar-refractivity contribution in [2.75, 3.05) is 13.2 Å². The molecule has 0 heterocycles. The van der Waals surface area contributed by atoms with Crippen molar-refractivity contribution in [2.45, 2.75) is 103 Å². The van der Waals surface area contributed by atoms with Gasteiger partial charge in [0.25, 0.3) is 0 Å². The summed E-state index contributed by atoms with van der Waals surface area (Å²) in [6.45, 7) is 14.4. The van der Waals surface area contributed by atoms with Crippen LogP contribution in [0.25, 0.3) is 0 Å². The fraction of sp³-hybridized carbons (Fsp3) is 0.864. The highest BCUT2D eigenvalue weighted by Crippen LogP contribution is 2.63. The number of hydrogen-bond acceptors (Lipinski definition) is 6. The first-order valence-corrected chi connectivity index (χ1v) is 10.6. The number of carbonyl (C=O) groups is 1. The lowest BCUT2D eigenvalue weighted by Crippen LogP contribution is -2.69. The van der Waals surface area contributed by atoms with Crippen LogP contribution in [0, 0.1) is 5.92 Å². The minimum atomic E-state index is -0.576. The molecule has 4 saturated carbocycles. The highest BCUT2D eigenvalue weighted by Gasteiger charge is 2.67. The van der Waals surface area contributed by atoms with E-state index in [0.717, 1.165) is 25.7 Å². The number of hydrogen-bond donors (Lipinski definition) is 0. The zero-order valence-corrected chi connectivity index (χ0v) is 18.0. The van der Waals surface area contributed by atoms with Gasteiger partial charge in [-0.3, -0.25) is 0 Å². The fourth-order valence-electron chi connectivity index (χ4n) is 6.08. The van der Waals surface area contributed by atoms with Gasteiger partial charge in [0, 0.05) is 38.0 Å². The second kappa shape index (κ2) is 8.05. The molecular weight excluding hydrogens is 360 g/mol. The molecule has 4 rings (SSSR count). The van der Waals surface area contributed by atoms with Crippen molar-refractivity contribution >= 4 is 5.97 Å². The molecule has 0 saturated heterocycles. The van der Waals surface area contributed by atoms with Gasteiger partial charge in [-0.2, -0.15) is 0 Å². The van der Waals surface area contributed by atoms with Crippen LogP contribution < -0.4 is 0 Å². The molecule has 4 aliphatic rings. The van der Waals surface area contributed by atoms with Crippen molar-refractivity contribution in [1.82, 2.24) is 0 Å². The molecule has 28 heavy (non-hydrogen) atoms. The van der Waals surface area contributed by atoms with Crippen LogP contribution in [0.2, 0.25) is 0 Å². The maximum absolute atomic E-state index is 12.4. The van der Waals surface area contributed by atoms with Gasteiger partial charge >= 0.3 is 5.97 Å². The first kappa shape index (κ1) is 21.8. The van der Waals surface area contributed by atoms with Crippen molar-refractivity contribution < 1.29 is 28.5 Å². The van der Waals surface area contributed by atoms with E-state index < -0.39 is 16.8 Å². The zero-order valence-electron chi connectivity index (χ0n) is 18.0. The van der Waals surface area contributed by atoms with Gasteiger partial charge < -0.3 is 23.7 Å². The van der Waals surface area contributed by atoms with Crippen LogP contribution in [0.4, 0.5) is 0 Å². The molecule has 0 spiro atoms. The van der Waals surface area contributed by atoms with Gasteiger partial charge in [0.15, 0.2) is 12.6 Å². The van der Waals surface area contributed by atoms with Crippen LogP contribution in [0.1, 0.15) is 73.1 Å². The Morgan fingerprint density at radius 2 is 1.36 bits per heavy atom. The summed E-state index contributed by atoms with van der Waals surface area (Å²) in [5.74, 6) is 0.0554. The Kier molecular flexibility index (Phi) is 6.26. The Morgan fingerprint density at radius 1 is 0.929 bits per heavy atom. The quantitative estimate of drug-likeness (QED) is 0.314. The number of ether oxygens (including phenoxy) is 5. The summed E-state index contributed by atoms with van der Waals surface area (Å²) in [5.41, 5.74) is -0.969. The Morgan fingerprint density at radius 3 is 1.79 bits per heavy atom. The van der Waals surface area contributed by atoms with Crippen LogP contribution >= 0.6 is 0 Å². The van der Waals surface area contributed by atoms with E-state index in [0.29, 0.717) is 37.5 Å². The van der Waals surface area contributed by atoms with Crippen LogP contribution in [-0.4, -0.2) is 48.6 Å². The van der Waals surface area contributed by atoms with E-state index in [4.69, 9.17) is 23.7 Å². The van der Waals surface area contributed by atoms with Crippen LogP contribution in [-0.2, 0) is 28.5 Å². The molecule has 4 atom stereocenters. The molecule has 4 unspecified atom stereocenters. The van der Waals surface area contributed by atoms with E-state index in [1.54, 1.807) is 6.92 Å². The Bertz CT molecular complexity index is 572. The summed E-state index contributed by atoms with van der Waals surface area (Å²) in [6, 6.07) is 0. The maximum atomic E-state index is 12.4. The molecule has 6 heteroatoms. The smallest absolute Gasteiger partial charge is 0.333 e. The predicted octanol–water partition coefficient (Wildman–Crippen LogP) is 4.12. The lowest BCUT2D eigenvalue weighted by Gasteiger charge is -2.65. The number of rotatable bonds is 10. The van der Waals surface area contributed by atoms with Gasteiger partial charge in [0.2, 0.25) is 0 Å². The van der Waals surface area contributed by atoms with Gasteiger partial charge in [-0.25, -0.2) is 4.79 Å². The fourth-order valence-corrected chi connectivity index (χ4v) is 6.08. The third kappa shape index (κ3) is 4.45. The monoisotopic (exact) mass is 396 g/mol. The lowest BCUT2D eigenvalue weighted by molar-refractivity contribution is -0.333. The van der Waals surface area contributed by atoms with Crippen LogP contribution in [0.5, 0.6) is 0 Å². The van der Waals surface area contributed by atoms with Gasteiger partial charge in [-0.05, 0) is 59.8 Å². The summed E-state index contributed by atoms with van der Waals surface area (Å²) >= 11 is 0. The molecule has 0 aromatic heterocycles. The third-order valence-corrected chi connectivity index (χ3v) is 6.21. The number of carbonyl (C=O) groups excluding carboxylic acids is 1. The summed E-state index contributed by atoms with van der Waals surface area (Å²) in [4.78, 5) is 12.4. The van der Waals surface area contributed by atoms with Crippen LogP contribution in [0.15, 0.2) is 12.2 Å². The van der Waals surface area contributed by atoms with E-state index in [-0.39, 0.29) is 18.5 Å². The lowest BCUT2D eigenvalue weighted by atomic mass is 9.50. The first-order chi connectivity index (χ1) is 13.1. The second-order valence-corrected chi connectivity index (χ2v) is 9.01. The molecule has 6 nitrogen and oxygen atoms in total. The predicted molar refractivity (Wildman–Crippen MR) is 105 cm³/mol. The Hall–Kier alpha value is -0.950. The van der Waals surface area contributed by atoms with Gasteiger partial charge in [-0.1, -0.05) is 6.58 Å². The molecule has 4 bridgehead atoms. The topological polar surface area (TPSA) is 63.2 Å². The van der Waals surface area contributed by atoms with Crippen molar-refractivity contribution in [3.05, 3.63) is 12.2 Å². The molecule has 0 aliphatic heterocycles. The summed E-state index contributed by atoms with van der Waals surface area (Å²) in [5, 5.41) is 0. The highest BCUT2D eigenvalue weighted by molar-refractivity contribution is 5.87. The van der Waals surface area contributed by atoms with E-state index in [1.165, 1.54) is 0 Å². The molecule has 0 radical (unpaired) electrons. The summed E-state index contributed by atoms with van der Waals surface area (Å²) in [7, 11) is 0. The summed E-state index contributed by atoms with van der Waals surface area (Å²) in [6.07, 6.45) is 4.28. The maximum Gasteiger partial charge on any atom is 0.333 e. The standard InChI is InChI=1S/C22H36O6/c1-7-24-16(5)26-20-9-18-10-21(12-20,27-17(6)25-8-2)14-22(11-18,13-20)28-19(23)15(3)4/h16-18H,3,7-14H2,1-2,4-6H3. The van der Waals surface area contributed by atoms with E-state index in [1.807, 2.05) is 27.7 Å². The molecule has 4 fully saturated rings. The van der Waals surface area contributed by atoms with Gasteiger partial charge in [0.05, 0.1) is 11.2 Å². The minimum absolute atomic E-state index is 0.309. The SMILES string of the molecule is C=C(C)C(=O)OC12CC3CC(OC(C)OCC)(C1)CC(OC(C)OCC)(C3)C2. The van der Waals surface area contributed by atoms with Gasteiger partial charge in [-0.15, -0.1) is 0 Å². The number of esters is 1. The van der Waals surface area contributed by atoms with E-state index in [9.17, 15) is 4.79 Å². The first-order valence-electron chi connectivity index (χ1n) is 10.6. The molecule has 0 N–H and O–H groups in total. The second-order valence-electron chi connectivity index (χ2n) is 9.01. The van der Waals surface area contributed by atoms with Crippen molar-refractivity contribution in [2.24, 2.45) is 5.92 Å². The average molecular weight is 397 g/mol.